The van der Waals surface area contributed by atoms with Gasteiger partial charge in [0.1, 0.15) is 0 Å². The zero-order valence-corrected chi connectivity index (χ0v) is 5.24. The van der Waals surface area contributed by atoms with Crippen LogP contribution in [0.1, 0.15) is 0 Å². The maximum absolute atomic E-state index is 9.74. The number of rotatable bonds is 2. The molecule has 0 atom stereocenters. The Kier molecular flexibility index (Phi) is 9.25. The van der Waals surface area contributed by atoms with E-state index in [4.69, 9.17) is 4.55 Å². The van der Waals surface area contributed by atoms with E-state index in [0.717, 1.165) is 0 Å². The minimum atomic E-state index is -3.75. The van der Waals surface area contributed by atoms with Crippen LogP contribution in [0, 0.1) is 0 Å². The molecule has 0 aliphatic heterocycles. The SMILES string of the molecule is O=S(=O)(O)CCS.[RbH]. The summed E-state index contributed by atoms with van der Waals surface area (Å²) in [6, 6.07) is 0. The van der Waals surface area contributed by atoms with Crippen LogP contribution in [0.25, 0.3) is 0 Å². The Balaban J connectivity index is 0. The third-order valence-corrected chi connectivity index (χ3v) is 1.60. The summed E-state index contributed by atoms with van der Waals surface area (Å²) in [5.74, 6) is -0.102. The molecule has 0 unspecified atom stereocenters. The zero-order chi connectivity index (χ0) is 5.91. The Hall–Kier alpha value is 2.07. The van der Waals surface area contributed by atoms with Crippen LogP contribution in [0.3, 0.4) is 0 Å². The molecule has 0 aliphatic rings. The maximum atomic E-state index is 9.74. The Morgan fingerprint density at radius 2 is 1.88 bits per heavy atom. The van der Waals surface area contributed by atoms with E-state index in [9.17, 15) is 8.42 Å². The molecule has 1 N–H and O–H groups in total. The second-order valence-corrected chi connectivity index (χ2v) is 3.03. The summed E-state index contributed by atoms with van der Waals surface area (Å²) >= 11 is 3.57. The van der Waals surface area contributed by atoms with Crippen LogP contribution in [-0.4, -0.2) is 82.7 Å². The molecule has 0 aromatic rings. The van der Waals surface area contributed by atoms with Gasteiger partial charge in [0.25, 0.3) is 10.1 Å². The average Bonchev–Trinajstić information content (AvgIpc) is 1.30. The number of hydrogen-bond donors (Lipinski definition) is 2. The Labute approximate surface area is 103 Å². The van der Waals surface area contributed by atoms with Gasteiger partial charge in [0.15, 0.2) is 0 Å². The summed E-state index contributed by atoms with van der Waals surface area (Å²) in [7, 11) is -3.75. The van der Waals surface area contributed by atoms with E-state index >= 15 is 0 Å². The van der Waals surface area contributed by atoms with Gasteiger partial charge < -0.3 is 0 Å². The summed E-state index contributed by atoms with van der Waals surface area (Å²) in [5.41, 5.74) is 0. The summed E-state index contributed by atoms with van der Waals surface area (Å²) in [4.78, 5) is 0. The van der Waals surface area contributed by atoms with Crippen molar-refractivity contribution in [1.82, 2.24) is 0 Å². The van der Waals surface area contributed by atoms with Gasteiger partial charge in [-0.3, -0.25) is 4.55 Å². The molecule has 0 amide bonds. The second kappa shape index (κ2) is 5.82. The van der Waals surface area contributed by atoms with Crippen LogP contribution >= 0.6 is 12.6 Å². The molecule has 0 fully saturated rings. The standard InChI is InChI=1S/C2H6O3S2.Rb.H/c3-7(4,5)2-1-6;;/h6H,1-2H2,(H,3,4,5);;. The first-order chi connectivity index (χ1) is 3.06. The summed E-state index contributed by atoms with van der Waals surface area (Å²) < 4.78 is 27.4. The van der Waals surface area contributed by atoms with Gasteiger partial charge in [0, 0.05) is 5.75 Å². The first-order valence-electron chi connectivity index (χ1n) is 1.62. The van der Waals surface area contributed by atoms with Crippen LogP contribution in [0.4, 0.5) is 0 Å². The molecule has 0 aromatic heterocycles. The molecule has 0 rings (SSSR count). The van der Waals surface area contributed by atoms with E-state index in [-0.39, 0.29) is 69.7 Å². The van der Waals surface area contributed by atoms with Gasteiger partial charge in [-0.25, -0.2) is 0 Å². The molecule has 0 aromatic carbocycles. The van der Waals surface area contributed by atoms with Crippen molar-refractivity contribution < 1.29 is 13.0 Å². The molecule has 0 heterocycles. The fourth-order valence-corrected chi connectivity index (χ4v) is 1.04. The van der Waals surface area contributed by atoms with Crippen LogP contribution < -0.4 is 0 Å². The van der Waals surface area contributed by atoms with Crippen molar-refractivity contribution >= 4 is 80.9 Å². The van der Waals surface area contributed by atoms with Crippen LogP contribution in [0.5, 0.6) is 0 Å². The molecule has 46 valence electrons. The average molecular weight is 229 g/mol. The molecule has 0 saturated heterocycles. The summed E-state index contributed by atoms with van der Waals surface area (Å²) in [5, 5.41) is 0. The van der Waals surface area contributed by atoms with Crippen LogP contribution in [0.15, 0.2) is 0 Å². The van der Waals surface area contributed by atoms with Gasteiger partial charge in [-0.05, 0) is 0 Å². The first-order valence-corrected chi connectivity index (χ1v) is 3.86. The third-order valence-electron chi connectivity index (χ3n) is 0.349. The van der Waals surface area contributed by atoms with Gasteiger partial charge in [0.2, 0.25) is 0 Å². The predicted octanol–water partition coefficient (Wildman–Crippen LogP) is -0.845. The summed E-state index contributed by atoms with van der Waals surface area (Å²) in [6.45, 7) is 0. The molecule has 0 spiro atoms. The van der Waals surface area contributed by atoms with E-state index < -0.39 is 10.1 Å². The van der Waals surface area contributed by atoms with Crippen molar-refractivity contribution in [3.63, 3.8) is 0 Å². The van der Waals surface area contributed by atoms with Gasteiger partial charge >= 0.3 is 58.2 Å². The fraction of sp³-hybridized carbons (Fsp3) is 1.00. The molecule has 0 saturated carbocycles. The van der Waals surface area contributed by atoms with E-state index in [0.29, 0.717) is 0 Å². The fourth-order valence-electron chi connectivity index (χ4n) is 0.115. The van der Waals surface area contributed by atoms with Crippen LogP contribution in [0.2, 0.25) is 0 Å². The topological polar surface area (TPSA) is 54.4 Å². The van der Waals surface area contributed by atoms with E-state index in [2.05, 4.69) is 12.6 Å². The van der Waals surface area contributed by atoms with Crippen molar-refractivity contribution in [2.75, 3.05) is 11.5 Å². The van der Waals surface area contributed by atoms with E-state index in [1.54, 1.807) is 0 Å². The molecule has 0 aliphatic carbocycles. The van der Waals surface area contributed by atoms with E-state index in [1.807, 2.05) is 0 Å². The molecule has 0 radical (unpaired) electrons. The summed E-state index contributed by atoms with van der Waals surface area (Å²) in [6.07, 6.45) is 0. The van der Waals surface area contributed by atoms with Gasteiger partial charge in [0.05, 0.1) is 5.75 Å². The normalized spacial score (nSPS) is 10.2. The quantitative estimate of drug-likeness (QED) is 0.479. The Bertz CT molecular complexity index is 128. The number of thiol groups is 1. The minimum absolute atomic E-state index is 0. The van der Waals surface area contributed by atoms with Crippen molar-refractivity contribution in [3.05, 3.63) is 0 Å². The van der Waals surface area contributed by atoms with Crippen molar-refractivity contribution in [1.29, 1.82) is 0 Å². The van der Waals surface area contributed by atoms with Crippen LogP contribution in [-0.2, 0) is 10.1 Å². The molecule has 8 heavy (non-hydrogen) atoms. The second-order valence-electron chi connectivity index (χ2n) is 1.01. The van der Waals surface area contributed by atoms with Crippen molar-refractivity contribution in [2.24, 2.45) is 0 Å². The van der Waals surface area contributed by atoms with Gasteiger partial charge in [-0.1, -0.05) is 0 Å². The van der Waals surface area contributed by atoms with E-state index in [1.165, 1.54) is 0 Å². The third kappa shape index (κ3) is 10.9. The monoisotopic (exact) mass is 228 g/mol. The zero-order valence-electron chi connectivity index (χ0n) is 3.53. The Morgan fingerprint density at radius 1 is 1.50 bits per heavy atom. The predicted molar refractivity (Wildman–Crippen MR) is 37.4 cm³/mol. The molecule has 3 nitrogen and oxygen atoms in total. The molecular formula is C2H7O3RbS2. The molecule has 6 heteroatoms. The van der Waals surface area contributed by atoms with Crippen molar-refractivity contribution in [3.8, 4) is 0 Å². The van der Waals surface area contributed by atoms with Crippen molar-refractivity contribution in [2.45, 2.75) is 0 Å². The molecule has 0 bridgehead atoms. The number of hydrogen-bond acceptors (Lipinski definition) is 3. The first kappa shape index (κ1) is 12.7. The Morgan fingerprint density at radius 3 is 1.88 bits per heavy atom. The van der Waals surface area contributed by atoms with Gasteiger partial charge in [-0.15, -0.1) is 0 Å². The molecular weight excluding hydrogens is 222 g/mol. The van der Waals surface area contributed by atoms with Gasteiger partial charge in [-0.2, -0.15) is 21.0 Å².